The molecule has 4 aromatic rings. The zero-order valence-electron chi connectivity index (χ0n) is 12.0. The van der Waals surface area contributed by atoms with Gasteiger partial charge in [-0.2, -0.15) is 0 Å². The van der Waals surface area contributed by atoms with Gasteiger partial charge >= 0.3 is 0 Å². The molecule has 0 fully saturated rings. The summed E-state index contributed by atoms with van der Waals surface area (Å²) >= 11 is 0. The summed E-state index contributed by atoms with van der Waals surface area (Å²) in [6, 6.07) is 15.5. The summed E-state index contributed by atoms with van der Waals surface area (Å²) in [5.41, 5.74) is 3.23. The predicted octanol–water partition coefficient (Wildman–Crippen LogP) is 3.50. The quantitative estimate of drug-likeness (QED) is 0.616. The highest BCUT2D eigenvalue weighted by molar-refractivity contribution is 5.77. The van der Waals surface area contributed by atoms with Gasteiger partial charge in [-0.3, -0.25) is 9.89 Å². The van der Waals surface area contributed by atoms with Gasteiger partial charge in [0.15, 0.2) is 5.65 Å². The Morgan fingerprint density at radius 1 is 0.913 bits per heavy atom. The third kappa shape index (κ3) is 2.23. The first-order valence-corrected chi connectivity index (χ1v) is 7.14. The van der Waals surface area contributed by atoms with E-state index < -0.39 is 0 Å². The number of fused-ring (bicyclic) bond motifs is 1. The first kappa shape index (κ1) is 13.5. The summed E-state index contributed by atoms with van der Waals surface area (Å²) < 4.78 is 14.5. The number of nitrogens with zero attached hydrogens (tertiary/aromatic N) is 2. The van der Waals surface area contributed by atoms with Gasteiger partial charge in [0.2, 0.25) is 0 Å². The maximum Gasteiger partial charge on any atom is 0.280 e. The number of aromatic amines is 1. The number of hydrogen-bond donors (Lipinski definition) is 1. The Bertz CT molecular complexity index is 1030. The normalized spacial score (nSPS) is 11.0. The number of halogens is 1. The van der Waals surface area contributed by atoms with Gasteiger partial charge in [-0.1, -0.05) is 42.5 Å². The van der Waals surface area contributed by atoms with E-state index in [2.05, 4.69) is 10.1 Å². The second-order valence-electron chi connectivity index (χ2n) is 5.20. The highest BCUT2D eigenvalue weighted by Gasteiger charge is 2.12. The average Bonchev–Trinajstić information content (AvgIpc) is 3.02. The molecule has 4 nitrogen and oxygen atoms in total. The molecule has 112 valence electrons. The molecule has 0 saturated carbocycles. The molecule has 2 aromatic heterocycles. The van der Waals surface area contributed by atoms with Gasteiger partial charge in [0.05, 0.1) is 5.56 Å². The van der Waals surface area contributed by atoms with Gasteiger partial charge in [0, 0.05) is 18.0 Å². The highest BCUT2D eigenvalue weighted by atomic mass is 19.1. The fraction of sp³-hybridized carbons (Fsp3) is 0. The molecule has 2 heterocycles. The van der Waals surface area contributed by atoms with Crippen LogP contribution in [-0.4, -0.2) is 14.6 Å². The molecule has 0 bridgehead atoms. The molecule has 5 heteroatoms. The Morgan fingerprint density at radius 3 is 2.35 bits per heavy atom. The Kier molecular flexibility index (Phi) is 3.05. The van der Waals surface area contributed by atoms with Gasteiger partial charge in [-0.15, -0.1) is 0 Å². The van der Waals surface area contributed by atoms with Crippen molar-refractivity contribution in [1.82, 2.24) is 14.6 Å². The van der Waals surface area contributed by atoms with Crippen molar-refractivity contribution in [2.24, 2.45) is 0 Å². The van der Waals surface area contributed by atoms with Gasteiger partial charge in [-0.05, 0) is 23.3 Å². The first-order valence-electron chi connectivity index (χ1n) is 7.14. The summed E-state index contributed by atoms with van der Waals surface area (Å²) in [5.74, 6) is -0.301. The number of rotatable bonds is 2. The van der Waals surface area contributed by atoms with E-state index in [-0.39, 0.29) is 11.4 Å². The van der Waals surface area contributed by atoms with Gasteiger partial charge < -0.3 is 0 Å². The molecule has 23 heavy (non-hydrogen) atoms. The largest absolute Gasteiger partial charge is 0.296 e. The van der Waals surface area contributed by atoms with E-state index in [1.165, 1.54) is 16.6 Å². The molecule has 0 aliphatic rings. The maximum atomic E-state index is 13.1. The van der Waals surface area contributed by atoms with E-state index in [1.807, 2.05) is 30.3 Å². The van der Waals surface area contributed by atoms with Crippen molar-refractivity contribution in [2.75, 3.05) is 0 Å². The third-order valence-corrected chi connectivity index (χ3v) is 3.78. The number of H-pyrrole nitrogens is 1. The maximum absolute atomic E-state index is 13.1. The van der Waals surface area contributed by atoms with Crippen LogP contribution in [0.2, 0.25) is 0 Å². The lowest BCUT2D eigenvalue weighted by Crippen LogP contribution is -2.16. The second kappa shape index (κ2) is 5.21. The molecule has 0 unspecified atom stereocenters. The van der Waals surface area contributed by atoms with Crippen molar-refractivity contribution in [3.8, 4) is 22.3 Å². The molecule has 4 rings (SSSR count). The van der Waals surface area contributed by atoms with Crippen LogP contribution >= 0.6 is 0 Å². The minimum absolute atomic E-state index is 0.172. The topological polar surface area (TPSA) is 50.2 Å². The standard InChI is InChI=1S/C18H12FN3O/c19-14-8-6-13(7-9-14)15-11-21-22-17(15)20-10-16(18(22)23)12-4-2-1-3-5-12/h1-11,21H. The number of nitrogens with one attached hydrogen (secondary N) is 1. The van der Waals surface area contributed by atoms with E-state index >= 15 is 0 Å². The molecular formula is C18H12FN3O. The lowest BCUT2D eigenvalue weighted by atomic mass is 10.1. The molecule has 0 saturated heterocycles. The van der Waals surface area contributed by atoms with Crippen LogP contribution in [0.15, 0.2) is 71.8 Å². The fourth-order valence-electron chi connectivity index (χ4n) is 2.62. The Morgan fingerprint density at radius 2 is 1.61 bits per heavy atom. The average molecular weight is 305 g/mol. The molecule has 2 aromatic carbocycles. The van der Waals surface area contributed by atoms with E-state index in [9.17, 15) is 9.18 Å². The zero-order valence-corrected chi connectivity index (χ0v) is 12.0. The van der Waals surface area contributed by atoms with Crippen LogP contribution in [0.1, 0.15) is 0 Å². The predicted molar refractivity (Wildman–Crippen MR) is 86.6 cm³/mol. The molecule has 0 aliphatic heterocycles. The summed E-state index contributed by atoms with van der Waals surface area (Å²) in [6.07, 6.45) is 3.28. The monoisotopic (exact) mass is 305 g/mol. The van der Waals surface area contributed by atoms with Crippen molar-refractivity contribution < 1.29 is 4.39 Å². The summed E-state index contributed by atoms with van der Waals surface area (Å²) in [4.78, 5) is 17.1. The van der Waals surface area contributed by atoms with E-state index in [4.69, 9.17) is 0 Å². The van der Waals surface area contributed by atoms with Crippen LogP contribution in [0, 0.1) is 5.82 Å². The van der Waals surface area contributed by atoms with Gasteiger partial charge in [-0.25, -0.2) is 13.9 Å². The smallest absolute Gasteiger partial charge is 0.280 e. The minimum Gasteiger partial charge on any atom is -0.296 e. The number of aromatic nitrogens is 3. The van der Waals surface area contributed by atoms with Gasteiger partial charge in [0.25, 0.3) is 5.56 Å². The number of benzene rings is 2. The van der Waals surface area contributed by atoms with Crippen molar-refractivity contribution in [3.05, 3.63) is 83.2 Å². The Labute approximate surface area is 130 Å². The van der Waals surface area contributed by atoms with Crippen molar-refractivity contribution in [3.63, 3.8) is 0 Å². The number of hydrogen-bond acceptors (Lipinski definition) is 2. The van der Waals surface area contributed by atoms with Gasteiger partial charge in [0.1, 0.15) is 5.82 Å². The highest BCUT2D eigenvalue weighted by Crippen LogP contribution is 2.23. The fourth-order valence-corrected chi connectivity index (χ4v) is 2.62. The lowest BCUT2D eigenvalue weighted by Gasteiger charge is -2.02. The van der Waals surface area contributed by atoms with Crippen LogP contribution in [0.5, 0.6) is 0 Å². The van der Waals surface area contributed by atoms with Crippen LogP contribution in [0.4, 0.5) is 4.39 Å². The Balaban J connectivity index is 1.91. The van der Waals surface area contributed by atoms with Crippen LogP contribution in [-0.2, 0) is 0 Å². The van der Waals surface area contributed by atoms with Crippen molar-refractivity contribution >= 4 is 5.65 Å². The Hall–Kier alpha value is -3.21. The van der Waals surface area contributed by atoms with Crippen LogP contribution in [0.3, 0.4) is 0 Å². The minimum atomic E-state index is -0.301. The summed E-state index contributed by atoms with van der Waals surface area (Å²) in [6.45, 7) is 0. The molecule has 0 aliphatic carbocycles. The third-order valence-electron chi connectivity index (χ3n) is 3.78. The lowest BCUT2D eigenvalue weighted by molar-refractivity contribution is 0.628. The zero-order chi connectivity index (χ0) is 15.8. The van der Waals surface area contributed by atoms with E-state index in [0.29, 0.717) is 11.2 Å². The van der Waals surface area contributed by atoms with Crippen LogP contribution in [0.25, 0.3) is 27.9 Å². The second-order valence-corrected chi connectivity index (χ2v) is 5.20. The molecule has 1 N–H and O–H groups in total. The molecule has 0 atom stereocenters. The molecule has 0 spiro atoms. The SMILES string of the molecule is O=c1c(-c2ccccc2)cnc2c(-c3ccc(F)cc3)c[nH]n12. The summed E-state index contributed by atoms with van der Waals surface area (Å²) in [5, 5.41) is 2.93. The molecular weight excluding hydrogens is 293 g/mol. The van der Waals surface area contributed by atoms with Crippen molar-refractivity contribution in [2.45, 2.75) is 0 Å². The molecule has 0 radical (unpaired) electrons. The first-order chi connectivity index (χ1) is 11.2. The van der Waals surface area contributed by atoms with E-state index in [1.54, 1.807) is 24.5 Å². The molecule has 0 amide bonds. The van der Waals surface area contributed by atoms with Crippen LogP contribution < -0.4 is 5.56 Å². The van der Waals surface area contributed by atoms with E-state index in [0.717, 1.165) is 16.7 Å². The summed E-state index contributed by atoms with van der Waals surface area (Å²) in [7, 11) is 0. The van der Waals surface area contributed by atoms with Crippen molar-refractivity contribution in [1.29, 1.82) is 0 Å².